The molecule has 0 bridgehead atoms. The molecular formula is C7H12F3NO2S. The number of alkyl halides is 3. The highest BCUT2D eigenvalue weighted by Gasteiger charge is 2.48. The van der Waals surface area contributed by atoms with Gasteiger partial charge in [0, 0.05) is 6.54 Å². The van der Waals surface area contributed by atoms with Crippen LogP contribution in [0.3, 0.4) is 0 Å². The van der Waals surface area contributed by atoms with Crippen molar-refractivity contribution in [1.82, 2.24) is 4.31 Å². The van der Waals surface area contributed by atoms with Gasteiger partial charge in [0.1, 0.15) is 6.04 Å². The van der Waals surface area contributed by atoms with Crippen molar-refractivity contribution in [1.29, 1.82) is 0 Å². The Hall–Kier alpha value is -0.300. The molecule has 0 spiro atoms. The van der Waals surface area contributed by atoms with E-state index in [1.807, 2.05) is 0 Å². The number of nitrogens with zero attached hydrogens (tertiary/aromatic N) is 1. The van der Waals surface area contributed by atoms with Gasteiger partial charge < -0.3 is 0 Å². The lowest BCUT2D eigenvalue weighted by Gasteiger charge is -2.34. The number of hydrogen-bond acceptors (Lipinski definition) is 2. The van der Waals surface area contributed by atoms with E-state index in [2.05, 4.69) is 0 Å². The largest absolute Gasteiger partial charge is 0.405 e. The molecule has 1 rings (SSSR count). The zero-order chi connectivity index (χ0) is 11.0. The molecule has 1 atom stereocenters. The van der Waals surface area contributed by atoms with E-state index >= 15 is 0 Å². The van der Waals surface area contributed by atoms with E-state index in [9.17, 15) is 21.6 Å². The molecule has 0 unspecified atom stereocenters. The van der Waals surface area contributed by atoms with Crippen LogP contribution in [0, 0.1) is 0 Å². The van der Waals surface area contributed by atoms with Gasteiger partial charge in [0.15, 0.2) is 0 Å². The van der Waals surface area contributed by atoms with Gasteiger partial charge in [-0.05, 0) is 12.8 Å². The Morgan fingerprint density at radius 3 is 2.36 bits per heavy atom. The summed E-state index contributed by atoms with van der Waals surface area (Å²) < 4.78 is 60.4. The van der Waals surface area contributed by atoms with Crippen molar-refractivity contribution in [3.63, 3.8) is 0 Å². The van der Waals surface area contributed by atoms with Crippen LogP contribution in [0.15, 0.2) is 0 Å². The Labute approximate surface area is 80.9 Å². The summed E-state index contributed by atoms with van der Waals surface area (Å²) in [7, 11) is -3.69. The molecule has 0 amide bonds. The standard InChI is InChI=1S/C7H12F3NO2S/c1-2-11-6(7(8,9)10)4-3-5-14(11,12)13/h6H,2-5H2,1H3/t6-/m1/s1. The highest BCUT2D eigenvalue weighted by molar-refractivity contribution is 7.89. The Morgan fingerprint density at radius 1 is 1.43 bits per heavy atom. The molecule has 0 radical (unpaired) electrons. The van der Waals surface area contributed by atoms with Gasteiger partial charge >= 0.3 is 6.18 Å². The Balaban J connectivity index is 2.97. The second-order valence-electron chi connectivity index (χ2n) is 3.22. The van der Waals surface area contributed by atoms with Crippen LogP contribution in [-0.2, 0) is 10.0 Å². The molecule has 3 nitrogen and oxygen atoms in total. The third-order valence-corrected chi connectivity index (χ3v) is 4.31. The fourth-order valence-electron chi connectivity index (χ4n) is 1.66. The van der Waals surface area contributed by atoms with Crippen LogP contribution in [0.5, 0.6) is 0 Å². The summed E-state index contributed by atoms with van der Waals surface area (Å²) in [4.78, 5) is 0. The topological polar surface area (TPSA) is 37.4 Å². The minimum absolute atomic E-state index is 0.0863. The van der Waals surface area contributed by atoms with Gasteiger partial charge in [-0.25, -0.2) is 8.42 Å². The summed E-state index contributed by atoms with van der Waals surface area (Å²) in [5.74, 6) is -0.173. The van der Waals surface area contributed by atoms with Crippen molar-refractivity contribution in [2.24, 2.45) is 0 Å². The molecule has 0 aromatic heterocycles. The molecule has 1 aliphatic rings. The minimum atomic E-state index is -4.45. The van der Waals surface area contributed by atoms with Gasteiger partial charge in [-0.1, -0.05) is 6.92 Å². The van der Waals surface area contributed by atoms with E-state index in [1.165, 1.54) is 6.92 Å². The maximum atomic E-state index is 12.4. The fraction of sp³-hybridized carbons (Fsp3) is 1.00. The Kier molecular flexibility index (Phi) is 3.10. The molecule has 0 N–H and O–H groups in total. The monoisotopic (exact) mass is 231 g/mol. The molecule has 1 saturated heterocycles. The Morgan fingerprint density at radius 2 is 2.00 bits per heavy atom. The molecule has 1 heterocycles. The lowest BCUT2D eigenvalue weighted by Crippen LogP contribution is -2.52. The van der Waals surface area contributed by atoms with Crippen molar-refractivity contribution in [2.75, 3.05) is 12.3 Å². The first-order valence-corrected chi connectivity index (χ1v) is 5.96. The van der Waals surface area contributed by atoms with Crippen molar-refractivity contribution in [3.8, 4) is 0 Å². The molecule has 0 aromatic rings. The second kappa shape index (κ2) is 3.69. The van der Waals surface area contributed by atoms with Crippen LogP contribution in [0.4, 0.5) is 13.2 Å². The first-order chi connectivity index (χ1) is 6.29. The van der Waals surface area contributed by atoms with E-state index in [0.29, 0.717) is 4.31 Å². The summed E-state index contributed by atoms with van der Waals surface area (Å²) in [6.07, 6.45) is -4.50. The Bertz CT molecular complexity index is 299. The predicted molar refractivity (Wildman–Crippen MR) is 45.2 cm³/mol. The zero-order valence-corrected chi connectivity index (χ0v) is 8.53. The van der Waals surface area contributed by atoms with Gasteiger partial charge in [-0.3, -0.25) is 0 Å². The van der Waals surface area contributed by atoms with Crippen molar-refractivity contribution in [3.05, 3.63) is 0 Å². The van der Waals surface area contributed by atoms with Crippen LogP contribution in [0.1, 0.15) is 19.8 Å². The van der Waals surface area contributed by atoms with Gasteiger partial charge in [0.25, 0.3) is 0 Å². The third kappa shape index (κ3) is 2.20. The average molecular weight is 231 g/mol. The van der Waals surface area contributed by atoms with Crippen LogP contribution in [0.2, 0.25) is 0 Å². The predicted octanol–water partition coefficient (Wildman–Crippen LogP) is 1.36. The van der Waals surface area contributed by atoms with Crippen LogP contribution < -0.4 is 0 Å². The number of sulfonamides is 1. The molecule has 7 heteroatoms. The van der Waals surface area contributed by atoms with Gasteiger partial charge in [0.05, 0.1) is 5.75 Å². The summed E-state index contributed by atoms with van der Waals surface area (Å²) in [5, 5.41) is 0. The molecule has 0 aromatic carbocycles. The molecule has 1 fully saturated rings. The minimum Gasteiger partial charge on any atom is -0.212 e. The van der Waals surface area contributed by atoms with Gasteiger partial charge in [-0.15, -0.1) is 0 Å². The first-order valence-electron chi connectivity index (χ1n) is 4.35. The highest BCUT2D eigenvalue weighted by Crippen LogP contribution is 2.33. The number of hydrogen-bond donors (Lipinski definition) is 0. The van der Waals surface area contributed by atoms with Crippen molar-refractivity contribution >= 4 is 10.0 Å². The number of rotatable bonds is 1. The van der Waals surface area contributed by atoms with E-state index in [4.69, 9.17) is 0 Å². The smallest absolute Gasteiger partial charge is 0.212 e. The molecule has 84 valence electrons. The lowest BCUT2D eigenvalue weighted by atomic mass is 10.1. The van der Waals surface area contributed by atoms with Crippen LogP contribution in [0.25, 0.3) is 0 Å². The highest BCUT2D eigenvalue weighted by atomic mass is 32.2. The normalized spacial score (nSPS) is 29.0. The summed E-state index contributed by atoms with van der Waals surface area (Å²) in [5.41, 5.74) is 0. The summed E-state index contributed by atoms with van der Waals surface area (Å²) in [6.45, 7) is 1.30. The van der Waals surface area contributed by atoms with E-state index in [0.717, 1.165) is 0 Å². The number of halogens is 3. The fourth-order valence-corrected chi connectivity index (χ4v) is 3.43. The van der Waals surface area contributed by atoms with Crippen LogP contribution in [-0.4, -0.2) is 37.2 Å². The lowest BCUT2D eigenvalue weighted by molar-refractivity contribution is -0.174. The SMILES string of the molecule is CCN1[C@@H](C(F)(F)F)CCCS1(=O)=O. The quantitative estimate of drug-likeness (QED) is 0.683. The maximum absolute atomic E-state index is 12.4. The maximum Gasteiger partial charge on any atom is 0.405 e. The van der Waals surface area contributed by atoms with Crippen molar-refractivity contribution < 1.29 is 21.6 Å². The molecular weight excluding hydrogens is 219 g/mol. The third-order valence-electron chi connectivity index (χ3n) is 2.27. The van der Waals surface area contributed by atoms with Crippen LogP contribution >= 0.6 is 0 Å². The molecule has 0 saturated carbocycles. The molecule has 1 aliphatic heterocycles. The first kappa shape index (κ1) is 11.8. The van der Waals surface area contributed by atoms with E-state index in [-0.39, 0.29) is 25.1 Å². The zero-order valence-electron chi connectivity index (χ0n) is 7.71. The average Bonchev–Trinajstić information content (AvgIpc) is 2.00. The molecule has 0 aliphatic carbocycles. The summed E-state index contributed by atoms with van der Waals surface area (Å²) >= 11 is 0. The van der Waals surface area contributed by atoms with E-state index in [1.54, 1.807) is 0 Å². The van der Waals surface area contributed by atoms with Gasteiger partial charge in [0.2, 0.25) is 10.0 Å². The van der Waals surface area contributed by atoms with E-state index < -0.39 is 22.2 Å². The van der Waals surface area contributed by atoms with Gasteiger partial charge in [-0.2, -0.15) is 17.5 Å². The molecule has 14 heavy (non-hydrogen) atoms. The second-order valence-corrected chi connectivity index (χ2v) is 5.26. The summed E-state index contributed by atoms with van der Waals surface area (Å²) in [6, 6.07) is -1.83. The van der Waals surface area contributed by atoms with Crippen molar-refractivity contribution in [2.45, 2.75) is 32.0 Å².